The van der Waals surface area contributed by atoms with Crippen molar-refractivity contribution in [2.45, 2.75) is 0 Å². The van der Waals surface area contributed by atoms with Gasteiger partial charge in [-0.1, -0.05) is 66.7 Å². The van der Waals surface area contributed by atoms with Crippen LogP contribution in [0.1, 0.15) is 0 Å². The molecule has 132 valence electrons. The summed E-state index contributed by atoms with van der Waals surface area (Å²) in [7, 11) is 2.04. The molecule has 0 amide bonds. The molecule has 0 saturated carbocycles. The Morgan fingerprint density at radius 3 is 1.79 bits per heavy atom. The van der Waals surface area contributed by atoms with Crippen LogP contribution in [0.15, 0.2) is 91.3 Å². The van der Waals surface area contributed by atoms with Gasteiger partial charge >= 0.3 is 0 Å². The number of nitrogens with zero attached hydrogens (tertiary/aromatic N) is 2. The maximum Gasteiger partial charge on any atom is 0.0955 e. The van der Waals surface area contributed by atoms with E-state index in [0.29, 0.717) is 0 Å². The van der Waals surface area contributed by atoms with Gasteiger partial charge in [-0.25, -0.2) is 4.98 Å². The zero-order valence-corrected chi connectivity index (χ0v) is 15.6. The molecule has 0 fully saturated rings. The summed E-state index contributed by atoms with van der Waals surface area (Å²) >= 11 is 0. The molecule has 1 aromatic heterocycles. The fourth-order valence-electron chi connectivity index (χ4n) is 4.39. The molecule has 0 aliphatic rings. The predicted octanol–water partition coefficient (Wildman–Crippen LogP) is 6.70. The molecule has 5 aromatic carbocycles. The van der Waals surface area contributed by atoms with E-state index >= 15 is 0 Å². The van der Waals surface area contributed by atoms with Crippen molar-refractivity contribution in [3.8, 4) is 11.1 Å². The van der Waals surface area contributed by atoms with Crippen LogP contribution in [0.5, 0.6) is 0 Å². The Bertz CT molecular complexity index is 1490. The van der Waals surface area contributed by atoms with Gasteiger partial charge in [-0.15, -0.1) is 0 Å². The van der Waals surface area contributed by atoms with Crippen LogP contribution in [0.25, 0.3) is 54.5 Å². The van der Waals surface area contributed by atoms with Gasteiger partial charge in [0.25, 0.3) is 0 Å². The summed E-state index contributed by atoms with van der Waals surface area (Å²) < 4.78 is 2.07. The van der Waals surface area contributed by atoms with Crippen LogP contribution >= 0.6 is 0 Å². The van der Waals surface area contributed by atoms with E-state index in [0.717, 1.165) is 11.0 Å². The van der Waals surface area contributed by atoms with Gasteiger partial charge in [-0.2, -0.15) is 0 Å². The quantitative estimate of drug-likeness (QED) is 0.299. The molecule has 0 spiro atoms. The maximum atomic E-state index is 4.44. The van der Waals surface area contributed by atoms with Gasteiger partial charge < -0.3 is 4.57 Å². The third kappa shape index (κ3) is 2.12. The van der Waals surface area contributed by atoms with Crippen LogP contribution in [0.4, 0.5) is 0 Å². The minimum atomic E-state index is 1.03. The topological polar surface area (TPSA) is 17.8 Å². The minimum absolute atomic E-state index is 1.03. The molecule has 1 heterocycles. The van der Waals surface area contributed by atoms with Gasteiger partial charge in [-0.3, -0.25) is 0 Å². The summed E-state index contributed by atoms with van der Waals surface area (Å²) in [5, 5.41) is 7.85. The molecule has 2 nitrogen and oxygen atoms in total. The average Bonchev–Trinajstić information content (AvgIpc) is 3.14. The first-order valence-electron chi connectivity index (χ1n) is 9.54. The minimum Gasteiger partial charge on any atom is -0.334 e. The highest BCUT2D eigenvalue weighted by molar-refractivity contribution is 6.25. The van der Waals surface area contributed by atoms with Gasteiger partial charge in [-0.05, 0) is 61.6 Å². The molecule has 6 aromatic rings. The van der Waals surface area contributed by atoms with E-state index in [1.54, 1.807) is 0 Å². The first-order chi connectivity index (χ1) is 13.8. The summed E-state index contributed by atoms with van der Waals surface area (Å²) in [5.41, 5.74) is 4.63. The molecule has 0 aliphatic heterocycles. The number of aromatic nitrogens is 2. The van der Waals surface area contributed by atoms with Crippen molar-refractivity contribution in [2.75, 3.05) is 0 Å². The lowest BCUT2D eigenvalue weighted by atomic mass is 9.92. The second-order valence-corrected chi connectivity index (χ2v) is 7.41. The monoisotopic (exact) mass is 358 g/mol. The summed E-state index contributed by atoms with van der Waals surface area (Å²) in [4.78, 5) is 4.44. The van der Waals surface area contributed by atoms with Gasteiger partial charge in [0, 0.05) is 7.05 Å². The van der Waals surface area contributed by atoms with Crippen LogP contribution in [0.2, 0.25) is 0 Å². The highest BCUT2D eigenvalue weighted by atomic mass is 15.0. The Balaban J connectivity index is 1.71. The van der Waals surface area contributed by atoms with Crippen LogP contribution < -0.4 is 0 Å². The Hall–Kier alpha value is -3.65. The Morgan fingerprint density at radius 1 is 0.571 bits per heavy atom. The Morgan fingerprint density at radius 2 is 1.11 bits per heavy atom. The summed E-state index contributed by atoms with van der Waals surface area (Å²) in [5.74, 6) is 0. The maximum absolute atomic E-state index is 4.44. The molecule has 0 saturated heterocycles. The van der Waals surface area contributed by atoms with E-state index < -0.39 is 0 Å². The number of imidazole rings is 1. The highest BCUT2D eigenvalue weighted by Crippen LogP contribution is 2.37. The molecule has 28 heavy (non-hydrogen) atoms. The number of hydrogen-bond donors (Lipinski definition) is 0. The summed E-state index contributed by atoms with van der Waals surface area (Å²) in [6.45, 7) is 0. The molecule has 0 bridgehead atoms. The Kier molecular flexibility index (Phi) is 3.12. The van der Waals surface area contributed by atoms with Crippen LogP contribution in [0.3, 0.4) is 0 Å². The molecule has 0 unspecified atom stereocenters. The van der Waals surface area contributed by atoms with Crippen molar-refractivity contribution in [1.82, 2.24) is 9.55 Å². The van der Waals surface area contributed by atoms with Gasteiger partial charge in [0.15, 0.2) is 0 Å². The van der Waals surface area contributed by atoms with E-state index in [9.17, 15) is 0 Å². The van der Waals surface area contributed by atoms with Crippen LogP contribution in [-0.2, 0) is 7.05 Å². The van der Waals surface area contributed by atoms with Crippen molar-refractivity contribution < 1.29 is 0 Å². The van der Waals surface area contributed by atoms with E-state index in [-0.39, 0.29) is 0 Å². The second kappa shape index (κ2) is 5.67. The standard InChI is InChI=1S/C26H18N2/c1-28-16-27-25-13-11-18(15-26(25)28)17-10-12-23-21-8-3-2-6-19(21)20-7-4-5-9-22(20)24(23)14-17/h2-16H,1H3. The number of rotatable bonds is 1. The average molecular weight is 358 g/mol. The molecule has 0 radical (unpaired) electrons. The first-order valence-corrected chi connectivity index (χ1v) is 9.54. The van der Waals surface area contributed by atoms with Gasteiger partial charge in [0.1, 0.15) is 0 Å². The zero-order valence-electron chi connectivity index (χ0n) is 15.6. The summed E-state index contributed by atoms with van der Waals surface area (Å²) in [6.07, 6.45) is 1.87. The van der Waals surface area contributed by atoms with Crippen molar-refractivity contribution >= 4 is 43.4 Å². The second-order valence-electron chi connectivity index (χ2n) is 7.41. The SMILES string of the molecule is Cn1cnc2ccc(-c3ccc4c5ccccc5c5ccccc5c4c3)cc21. The number of hydrogen-bond acceptors (Lipinski definition) is 1. The number of aryl methyl sites for hydroxylation is 1. The fourth-order valence-corrected chi connectivity index (χ4v) is 4.39. The molecule has 2 heteroatoms. The van der Waals surface area contributed by atoms with E-state index in [2.05, 4.69) is 94.5 Å². The van der Waals surface area contributed by atoms with E-state index in [4.69, 9.17) is 0 Å². The van der Waals surface area contributed by atoms with Crippen LogP contribution in [-0.4, -0.2) is 9.55 Å². The molecule has 0 N–H and O–H groups in total. The van der Waals surface area contributed by atoms with Crippen molar-refractivity contribution in [3.05, 3.63) is 91.3 Å². The lowest BCUT2D eigenvalue weighted by molar-refractivity contribution is 0.948. The number of fused-ring (bicyclic) bond motifs is 7. The molecule has 0 atom stereocenters. The largest absolute Gasteiger partial charge is 0.334 e. The molecule has 0 aliphatic carbocycles. The zero-order chi connectivity index (χ0) is 18.7. The molecule has 6 rings (SSSR count). The van der Waals surface area contributed by atoms with Crippen molar-refractivity contribution in [1.29, 1.82) is 0 Å². The lowest BCUT2D eigenvalue weighted by Crippen LogP contribution is -1.86. The molecular formula is C26H18N2. The first kappa shape index (κ1) is 15.4. The fraction of sp³-hybridized carbons (Fsp3) is 0.0385. The van der Waals surface area contributed by atoms with Gasteiger partial charge in [0.2, 0.25) is 0 Å². The van der Waals surface area contributed by atoms with Crippen molar-refractivity contribution in [3.63, 3.8) is 0 Å². The third-order valence-electron chi connectivity index (χ3n) is 5.80. The van der Waals surface area contributed by atoms with E-state index in [1.807, 2.05) is 13.4 Å². The van der Waals surface area contributed by atoms with Crippen LogP contribution in [0, 0.1) is 0 Å². The number of benzene rings is 5. The highest BCUT2D eigenvalue weighted by Gasteiger charge is 2.10. The third-order valence-corrected chi connectivity index (χ3v) is 5.80. The van der Waals surface area contributed by atoms with E-state index in [1.165, 1.54) is 43.4 Å². The molecular weight excluding hydrogens is 340 g/mol. The smallest absolute Gasteiger partial charge is 0.0955 e. The van der Waals surface area contributed by atoms with Gasteiger partial charge in [0.05, 0.1) is 17.4 Å². The normalized spacial score (nSPS) is 11.8. The summed E-state index contributed by atoms with van der Waals surface area (Å²) in [6, 6.07) is 30.8. The predicted molar refractivity (Wildman–Crippen MR) is 119 cm³/mol. The van der Waals surface area contributed by atoms with Crippen molar-refractivity contribution in [2.24, 2.45) is 7.05 Å². The Labute approximate surface area is 162 Å². The lowest BCUT2D eigenvalue weighted by Gasteiger charge is -2.12.